The molecule has 2 amide bonds. The fourth-order valence-electron chi connectivity index (χ4n) is 4.25. The summed E-state index contributed by atoms with van der Waals surface area (Å²) >= 11 is 0. The van der Waals surface area contributed by atoms with E-state index < -0.39 is 5.41 Å². The summed E-state index contributed by atoms with van der Waals surface area (Å²) in [5, 5.41) is 0. The van der Waals surface area contributed by atoms with Crippen molar-refractivity contribution in [3.8, 4) is 0 Å². The van der Waals surface area contributed by atoms with Gasteiger partial charge in [0.1, 0.15) is 5.41 Å². The van der Waals surface area contributed by atoms with Crippen molar-refractivity contribution in [1.29, 1.82) is 0 Å². The van der Waals surface area contributed by atoms with E-state index in [9.17, 15) is 9.59 Å². The summed E-state index contributed by atoms with van der Waals surface area (Å²) in [6.45, 7) is 7.30. The van der Waals surface area contributed by atoms with Crippen LogP contribution in [0.3, 0.4) is 0 Å². The standard InChI is InChI=1S/C19H28N2O4/c1-4-19(17(22)25-6-3)12-8-7-11-15(19)21-16(24-5-2)14-10-9-13-20(14)18(21)23/h8,11-12,14,16H,4-7,9-10,13H2,1-3H3/t14-,16-,19-/m0/s1. The number of carbonyl (C=O) groups excluding carboxylic acids is 2. The summed E-state index contributed by atoms with van der Waals surface area (Å²) < 4.78 is 11.3. The first-order valence-electron chi connectivity index (χ1n) is 9.37. The molecule has 1 aliphatic carbocycles. The highest BCUT2D eigenvalue weighted by atomic mass is 16.5. The van der Waals surface area contributed by atoms with Gasteiger partial charge >= 0.3 is 12.0 Å². The quantitative estimate of drug-likeness (QED) is 0.547. The van der Waals surface area contributed by atoms with E-state index in [0.717, 1.165) is 19.4 Å². The zero-order chi connectivity index (χ0) is 18.0. The number of fused-ring (bicyclic) bond motifs is 1. The average molecular weight is 348 g/mol. The van der Waals surface area contributed by atoms with Crippen molar-refractivity contribution in [3.63, 3.8) is 0 Å². The van der Waals surface area contributed by atoms with Gasteiger partial charge in [-0.15, -0.1) is 0 Å². The second kappa shape index (κ2) is 7.20. The van der Waals surface area contributed by atoms with E-state index in [2.05, 4.69) is 0 Å². The Morgan fingerprint density at radius 1 is 1.32 bits per heavy atom. The number of rotatable bonds is 6. The van der Waals surface area contributed by atoms with Gasteiger partial charge in [0.15, 0.2) is 6.23 Å². The highest BCUT2D eigenvalue weighted by molar-refractivity contribution is 5.87. The van der Waals surface area contributed by atoms with Gasteiger partial charge in [0.05, 0.1) is 12.6 Å². The molecule has 0 aromatic rings. The van der Waals surface area contributed by atoms with Crippen LogP contribution < -0.4 is 0 Å². The minimum absolute atomic E-state index is 0.0513. The van der Waals surface area contributed by atoms with Gasteiger partial charge in [-0.2, -0.15) is 0 Å². The van der Waals surface area contributed by atoms with Crippen LogP contribution in [0, 0.1) is 5.41 Å². The lowest BCUT2D eigenvalue weighted by molar-refractivity contribution is -0.152. The number of allylic oxidation sites excluding steroid dienone is 2. The number of nitrogens with zero attached hydrogens (tertiary/aromatic N) is 2. The average Bonchev–Trinajstić information content (AvgIpc) is 3.19. The van der Waals surface area contributed by atoms with Crippen LogP contribution in [-0.2, 0) is 14.3 Å². The molecule has 0 radical (unpaired) electrons. The maximum absolute atomic E-state index is 13.1. The number of hydrogen-bond acceptors (Lipinski definition) is 4. The van der Waals surface area contributed by atoms with Gasteiger partial charge in [0.2, 0.25) is 0 Å². The molecule has 6 nitrogen and oxygen atoms in total. The van der Waals surface area contributed by atoms with Gasteiger partial charge in [0, 0.05) is 18.8 Å². The van der Waals surface area contributed by atoms with Crippen molar-refractivity contribution in [2.24, 2.45) is 5.41 Å². The molecule has 0 spiro atoms. The monoisotopic (exact) mass is 348 g/mol. The minimum Gasteiger partial charge on any atom is -0.465 e. The molecule has 138 valence electrons. The molecule has 0 saturated carbocycles. The van der Waals surface area contributed by atoms with Crippen LogP contribution in [0.4, 0.5) is 4.79 Å². The maximum Gasteiger partial charge on any atom is 0.326 e. The zero-order valence-corrected chi connectivity index (χ0v) is 15.4. The van der Waals surface area contributed by atoms with Crippen molar-refractivity contribution in [2.75, 3.05) is 19.8 Å². The highest BCUT2D eigenvalue weighted by Crippen LogP contribution is 2.45. The van der Waals surface area contributed by atoms with Gasteiger partial charge in [-0.3, -0.25) is 9.69 Å². The summed E-state index contributed by atoms with van der Waals surface area (Å²) in [7, 11) is 0. The van der Waals surface area contributed by atoms with Crippen molar-refractivity contribution in [2.45, 2.75) is 58.7 Å². The van der Waals surface area contributed by atoms with Crippen molar-refractivity contribution in [1.82, 2.24) is 9.80 Å². The molecule has 3 rings (SSSR count). The fourth-order valence-corrected chi connectivity index (χ4v) is 4.25. The number of esters is 1. The molecule has 3 atom stereocenters. The van der Waals surface area contributed by atoms with E-state index in [4.69, 9.17) is 9.47 Å². The molecule has 0 aromatic carbocycles. The second-order valence-corrected chi connectivity index (χ2v) is 6.67. The van der Waals surface area contributed by atoms with Crippen LogP contribution in [0.5, 0.6) is 0 Å². The third-order valence-electron chi connectivity index (χ3n) is 5.44. The molecule has 25 heavy (non-hydrogen) atoms. The van der Waals surface area contributed by atoms with Gasteiger partial charge in [-0.05, 0) is 39.5 Å². The van der Waals surface area contributed by atoms with Gasteiger partial charge in [-0.1, -0.05) is 25.2 Å². The Bertz CT molecular complexity index is 600. The van der Waals surface area contributed by atoms with Crippen LogP contribution in [0.15, 0.2) is 23.9 Å². The Morgan fingerprint density at radius 3 is 2.80 bits per heavy atom. The molecule has 0 bridgehead atoms. The smallest absolute Gasteiger partial charge is 0.326 e. The van der Waals surface area contributed by atoms with Crippen LogP contribution >= 0.6 is 0 Å². The molecule has 2 fully saturated rings. The van der Waals surface area contributed by atoms with Crippen LogP contribution in [0.2, 0.25) is 0 Å². The van der Waals surface area contributed by atoms with Crippen LogP contribution in [0.25, 0.3) is 0 Å². The number of ether oxygens (including phenoxy) is 2. The maximum atomic E-state index is 13.1. The van der Waals surface area contributed by atoms with Crippen LogP contribution in [0.1, 0.15) is 46.5 Å². The summed E-state index contributed by atoms with van der Waals surface area (Å²) in [5.41, 5.74) is -0.201. The lowest BCUT2D eigenvalue weighted by atomic mass is 9.77. The molecule has 0 aromatic heterocycles. The van der Waals surface area contributed by atoms with Gasteiger partial charge in [0.25, 0.3) is 0 Å². The Kier molecular flexibility index (Phi) is 5.18. The normalized spacial score (nSPS) is 31.3. The first-order valence-corrected chi connectivity index (χ1v) is 9.37. The molecule has 2 heterocycles. The largest absolute Gasteiger partial charge is 0.465 e. The highest BCUT2D eigenvalue weighted by Gasteiger charge is 2.55. The molecule has 2 saturated heterocycles. The first kappa shape index (κ1) is 18.0. The summed E-state index contributed by atoms with van der Waals surface area (Å²) in [4.78, 5) is 29.6. The third-order valence-corrected chi connectivity index (χ3v) is 5.44. The second-order valence-electron chi connectivity index (χ2n) is 6.67. The Hall–Kier alpha value is -1.82. The Labute approximate surface area is 149 Å². The number of amides is 2. The van der Waals surface area contributed by atoms with Crippen molar-refractivity contribution in [3.05, 3.63) is 23.9 Å². The lowest BCUT2D eigenvalue weighted by Gasteiger charge is -2.39. The van der Waals surface area contributed by atoms with E-state index in [-0.39, 0.29) is 24.3 Å². The predicted molar refractivity (Wildman–Crippen MR) is 93.6 cm³/mol. The van der Waals surface area contributed by atoms with Gasteiger partial charge in [-0.25, -0.2) is 4.79 Å². The molecular weight excluding hydrogens is 320 g/mol. The zero-order valence-electron chi connectivity index (χ0n) is 15.4. The Morgan fingerprint density at radius 2 is 2.12 bits per heavy atom. The van der Waals surface area contributed by atoms with Crippen molar-refractivity contribution >= 4 is 12.0 Å². The number of hydrogen-bond donors (Lipinski definition) is 0. The predicted octanol–water partition coefficient (Wildman–Crippen LogP) is 3.05. The molecule has 6 heteroatoms. The van der Waals surface area contributed by atoms with E-state index >= 15 is 0 Å². The fraction of sp³-hybridized carbons (Fsp3) is 0.684. The molecular formula is C19H28N2O4. The molecule has 2 aliphatic heterocycles. The molecule has 0 unspecified atom stereocenters. The van der Waals surface area contributed by atoms with Crippen molar-refractivity contribution < 1.29 is 19.1 Å². The van der Waals surface area contributed by atoms with Crippen LogP contribution in [-0.4, -0.2) is 53.8 Å². The summed E-state index contributed by atoms with van der Waals surface area (Å²) in [6, 6.07) is 0.0145. The third kappa shape index (κ3) is 2.76. The minimum atomic E-state index is -0.918. The molecule has 0 N–H and O–H groups in total. The van der Waals surface area contributed by atoms with E-state index in [0.29, 0.717) is 31.8 Å². The SMILES string of the molecule is CCOC(=O)[C@@]1(CC)C=CCC=C1N1C(=O)N2CCC[C@H]2[C@@H]1OCC. The lowest BCUT2D eigenvalue weighted by Crippen LogP contribution is -2.47. The Balaban J connectivity index is 2.00. The summed E-state index contributed by atoms with van der Waals surface area (Å²) in [5.74, 6) is -0.296. The van der Waals surface area contributed by atoms with E-state index in [1.807, 2.05) is 37.0 Å². The van der Waals surface area contributed by atoms with E-state index in [1.165, 1.54) is 0 Å². The number of urea groups is 1. The summed E-state index contributed by atoms with van der Waals surface area (Å²) in [6.07, 6.45) is 8.70. The topological polar surface area (TPSA) is 59.1 Å². The van der Waals surface area contributed by atoms with Gasteiger partial charge < -0.3 is 14.4 Å². The number of carbonyl (C=O) groups is 2. The first-order chi connectivity index (χ1) is 12.1. The molecule has 3 aliphatic rings. The van der Waals surface area contributed by atoms with E-state index in [1.54, 1.807) is 11.8 Å².